The predicted octanol–water partition coefficient (Wildman–Crippen LogP) is 1.69. The van der Waals surface area contributed by atoms with Gasteiger partial charge in [0.1, 0.15) is 0 Å². The van der Waals surface area contributed by atoms with Crippen LogP contribution in [0.3, 0.4) is 0 Å². The number of rotatable bonds is 1. The van der Waals surface area contributed by atoms with Gasteiger partial charge in [0, 0.05) is 10.8 Å². The van der Waals surface area contributed by atoms with Crippen molar-refractivity contribution in [3.8, 4) is 5.88 Å². The summed E-state index contributed by atoms with van der Waals surface area (Å²) in [6.07, 6.45) is 0.696. The van der Waals surface area contributed by atoms with E-state index >= 15 is 0 Å². The summed E-state index contributed by atoms with van der Waals surface area (Å²) in [5.41, 5.74) is 0.420. The molecule has 0 unspecified atom stereocenters. The zero-order valence-corrected chi connectivity index (χ0v) is 6.24. The van der Waals surface area contributed by atoms with Gasteiger partial charge in [0.25, 0.3) is 0 Å². The van der Waals surface area contributed by atoms with E-state index in [1.54, 1.807) is 12.1 Å². The summed E-state index contributed by atoms with van der Waals surface area (Å²) < 4.78 is 0. The molecule has 0 radical (unpaired) electrons. The number of carbonyl (C=O) groups excluding carboxylic acids is 1. The van der Waals surface area contributed by atoms with Crippen molar-refractivity contribution in [1.82, 2.24) is 4.98 Å². The van der Waals surface area contributed by atoms with Gasteiger partial charge in [-0.3, -0.25) is 4.79 Å². The fourth-order valence-corrected chi connectivity index (χ4v) is 1.28. The third kappa shape index (κ3) is 0.797. The first kappa shape index (κ1) is 6.91. The van der Waals surface area contributed by atoms with Crippen LogP contribution in [0.2, 0.25) is 0 Å². The Labute approximate surface area is 68.6 Å². The zero-order chi connectivity index (χ0) is 8.55. The number of nitrogens with one attached hydrogen (secondary N) is 1. The lowest BCUT2D eigenvalue weighted by molar-refractivity contribution is 0.112. The molecule has 0 aliphatic heterocycles. The maximum Gasteiger partial charge on any atom is 0.196 e. The Balaban J connectivity index is 2.91. The first-order chi connectivity index (χ1) is 5.83. The first-order valence-corrected chi connectivity index (χ1v) is 3.58. The van der Waals surface area contributed by atoms with Gasteiger partial charge >= 0.3 is 0 Å². The minimum absolute atomic E-state index is 0.0488. The van der Waals surface area contributed by atoms with Gasteiger partial charge in [-0.15, -0.1) is 0 Å². The van der Waals surface area contributed by atoms with E-state index in [1.807, 2.05) is 12.1 Å². The molecule has 1 aromatic heterocycles. The van der Waals surface area contributed by atoms with E-state index in [2.05, 4.69) is 4.98 Å². The number of aromatic hydroxyl groups is 1. The molecule has 0 aliphatic rings. The maximum atomic E-state index is 10.5. The second kappa shape index (κ2) is 2.37. The molecule has 2 N–H and O–H groups in total. The Morgan fingerprint density at radius 1 is 1.25 bits per heavy atom. The molecule has 0 bridgehead atoms. The van der Waals surface area contributed by atoms with Crippen LogP contribution in [0.5, 0.6) is 5.88 Å². The number of carbonyl (C=O) groups is 1. The first-order valence-electron chi connectivity index (χ1n) is 3.58. The number of hydrogen-bond donors (Lipinski definition) is 2. The van der Waals surface area contributed by atoms with Crippen LogP contribution in [-0.2, 0) is 0 Å². The SMILES string of the molecule is O=Cc1[nH]c(O)c2ccccc12. The van der Waals surface area contributed by atoms with E-state index in [1.165, 1.54) is 0 Å². The highest BCUT2D eigenvalue weighted by molar-refractivity contribution is 6.00. The molecule has 0 aliphatic carbocycles. The molecule has 2 rings (SSSR count). The van der Waals surface area contributed by atoms with Crippen LogP contribution in [0.25, 0.3) is 10.8 Å². The number of aromatic amines is 1. The Morgan fingerprint density at radius 2 is 1.92 bits per heavy atom. The molecule has 0 atom stereocenters. The Kier molecular flexibility index (Phi) is 1.37. The minimum atomic E-state index is 0.0488. The van der Waals surface area contributed by atoms with E-state index in [0.29, 0.717) is 17.4 Å². The van der Waals surface area contributed by atoms with Crippen molar-refractivity contribution in [2.75, 3.05) is 0 Å². The molecule has 1 aromatic carbocycles. The van der Waals surface area contributed by atoms with Crippen LogP contribution < -0.4 is 0 Å². The van der Waals surface area contributed by atoms with E-state index in [4.69, 9.17) is 0 Å². The van der Waals surface area contributed by atoms with Gasteiger partial charge in [-0.2, -0.15) is 0 Å². The number of H-pyrrole nitrogens is 1. The van der Waals surface area contributed by atoms with Crippen molar-refractivity contribution in [3.63, 3.8) is 0 Å². The normalized spacial score (nSPS) is 10.3. The molecule has 12 heavy (non-hydrogen) atoms. The van der Waals surface area contributed by atoms with E-state index in [9.17, 15) is 9.90 Å². The lowest BCUT2D eigenvalue weighted by Crippen LogP contribution is -1.76. The number of hydrogen-bond acceptors (Lipinski definition) is 2. The van der Waals surface area contributed by atoms with E-state index in [-0.39, 0.29) is 5.88 Å². The van der Waals surface area contributed by atoms with Gasteiger partial charge in [-0.1, -0.05) is 18.2 Å². The third-order valence-electron chi connectivity index (χ3n) is 1.84. The molecule has 0 saturated heterocycles. The highest BCUT2D eigenvalue weighted by Crippen LogP contribution is 2.25. The number of aromatic nitrogens is 1. The van der Waals surface area contributed by atoms with Gasteiger partial charge in [0.15, 0.2) is 12.2 Å². The van der Waals surface area contributed by atoms with Crippen molar-refractivity contribution < 1.29 is 9.90 Å². The molecule has 0 fully saturated rings. The molecule has 2 aromatic rings. The van der Waals surface area contributed by atoms with Crippen LogP contribution in [0.1, 0.15) is 10.5 Å². The number of aldehydes is 1. The topological polar surface area (TPSA) is 53.1 Å². The fourth-order valence-electron chi connectivity index (χ4n) is 1.28. The molecule has 3 heteroatoms. The van der Waals surface area contributed by atoms with Crippen molar-refractivity contribution >= 4 is 17.1 Å². The molecule has 60 valence electrons. The highest BCUT2D eigenvalue weighted by Gasteiger charge is 2.06. The van der Waals surface area contributed by atoms with Crippen molar-refractivity contribution in [2.45, 2.75) is 0 Å². The zero-order valence-electron chi connectivity index (χ0n) is 6.24. The van der Waals surface area contributed by atoms with Crippen LogP contribution in [0.15, 0.2) is 24.3 Å². The fraction of sp³-hybridized carbons (Fsp3) is 0. The summed E-state index contributed by atoms with van der Waals surface area (Å²) in [5, 5.41) is 10.7. The molecule has 0 saturated carbocycles. The number of benzene rings is 1. The van der Waals surface area contributed by atoms with Gasteiger partial charge in [-0.25, -0.2) is 0 Å². The molecule has 3 nitrogen and oxygen atoms in total. The summed E-state index contributed by atoms with van der Waals surface area (Å²) in [5.74, 6) is 0.0488. The minimum Gasteiger partial charge on any atom is -0.494 e. The average molecular weight is 161 g/mol. The standard InChI is InChI=1S/C9H7NO2/c11-5-8-6-3-1-2-4-7(6)9(12)10-8/h1-5,10,12H. The molecule has 0 amide bonds. The van der Waals surface area contributed by atoms with Crippen molar-refractivity contribution in [1.29, 1.82) is 0 Å². The summed E-state index contributed by atoms with van der Waals surface area (Å²) in [4.78, 5) is 13.1. The van der Waals surface area contributed by atoms with Gasteiger partial charge in [0.2, 0.25) is 0 Å². The number of fused-ring (bicyclic) bond motifs is 1. The molecular formula is C9H7NO2. The second-order valence-corrected chi connectivity index (χ2v) is 2.55. The quantitative estimate of drug-likeness (QED) is 0.625. The van der Waals surface area contributed by atoms with Crippen LogP contribution >= 0.6 is 0 Å². The monoisotopic (exact) mass is 161 g/mol. The van der Waals surface area contributed by atoms with Crippen LogP contribution in [-0.4, -0.2) is 16.4 Å². The summed E-state index contributed by atoms with van der Waals surface area (Å²) >= 11 is 0. The average Bonchev–Trinajstić information content (AvgIpc) is 2.44. The van der Waals surface area contributed by atoms with E-state index < -0.39 is 0 Å². The molecule has 1 heterocycles. The van der Waals surface area contributed by atoms with Crippen molar-refractivity contribution in [2.24, 2.45) is 0 Å². The maximum absolute atomic E-state index is 10.5. The van der Waals surface area contributed by atoms with Crippen molar-refractivity contribution in [3.05, 3.63) is 30.0 Å². The lowest BCUT2D eigenvalue weighted by atomic mass is 10.2. The second-order valence-electron chi connectivity index (χ2n) is 2.55. The third-order valence-corrected chi connectivity index (χ3v) is 1.84. The predicted molar refractivity (Wildman–Crippen MR) is 45.4 cm³/mol. The molecule has 0 spiro atoms. The Hall–Kier alpha value is -1.77. The molecular weight excluding hydrogens is 154 g/mol. The Bertz CT molecular complexity index is 431. The van der Waals surface area contributed by atoms with Gasteiger partial charge < -0.3 is 10.1 Å². The smallest absolute Gasteiger partial charge is 0.196 e. The van der Waals surface area contributed by atoms with Crippen LogP contribution in [0.4, 0.5) is 0 Å². The van der Waals surface area contributed by atoms with Gasteiger partial charge in [-0.05, 0) is 6.07 Å². The summed E-state index contributed by atoms with van der Waals surface area (Å²) in [6, 6.07) is 7.18. The van der Waals surface area contributed by atoms with E-state index in [0.717, 1.165) is 5.39 Å². The Morgan fingerprint density at radius 3 is 2.58 bits per heavy atom. The summed E-state index contributed by atoms with van der Waals surface area (Å²) in [6.45, 7) is 0. The lowest BCUT2D eigenvalue weighted by Gasteiger charge is -1.86. The van der Waals surface area contributed by atoms with Gasteiger partial charge in [0.05, 0.1) is 5.69 Å². The largest absolute Gasteiger partial charge is 0.494 e. The highest BCUT2D eigenvalue weighted by atomic mass is 16.3. The van der Waals surface area contributed by atoms with Crippen LogP contribution in [0, 0.1) is 0 Å². The summed E-state index contributed by atoms with van der Waals surface area (Å²) in [7, 11) is 0.